The minimum Gasteiger partial charge on any atom is -0.480 e. The zero-order chi connectivity index (χ0) is 15.0. The maximum Gasteiger partial charge on any atom is 0.326 e. The summed E-state index contributed by atoms with van der Waals surface area (Å²) >= 11 is 0. The Balaban J connectivity index is 2.75. The number of aryl methyl sites for hydroxylation is 2. The van der Waals surface area contributed by atoms with Gasteiger partial charge >= 0.3 is 5.97 Å². The first kappa shape index (κ1) is 16.3. The molecule has 20 heavy (non-hydrogen) atoms. The molecule has 1 rings (SSSR count). The molecule has 1 aromatic heterocycles. The molecule has 0 fully saturated rings. The molecule has 1 heterocycles. The zero-order valence-corrected chi connectivity index (χ0v) is 12.2. The van der Waals surface area contributed by atoms with Gasteiger partial charge in [0.05, 0.1) is 11.4 Å². The number of nitrogens with one attached hydrogen (secondary N) is 1. The molecular weight excluding hydrogens is 260 g/mol. The second-order valence-corrected chi connectivity index (χ2v) is 4.41. The average Bonchev–Trinajstić information content (AvgIpc) is 2.46. The molecule has 1 aromatic rings. The number of methoxy groups -OCH3 is 1. The highest BCUT2D eigenvalue weighted by molar-refractivity contribution is 5.76. The minimum atomic E-state index is -0.928. The van der Waals surface area contributed by atoms with Crippen molar-refractivity contribution in [3.8, 4) is 0 Å². The molecule has 0 aromatic carbocycles. The summed E-state index contributed by atoms with van der Waals surface area (Å²) in [5.41, 5.74) is 1.70. The Morgan fingerprint density at radius 3 is 2.55 bits per heavy atom. The fraction of sp³-hybridized carbons (Fsp3) is 0.692. The van der Waals surface area contributed by atoms with Crippen LogP contribution in [0.1, 0.15) is 38.1 Å². The molecular formula is C13H22N4O3. The third-order valence-corrected chi connectivity index (χ3v) is 2.95. The molecule has 0 aliphatic carbocycles. The number of carboxylic acid groups (broad SMARTS) is 1. The number of anilines is 1. The van der Waals surface area contributed by atoms with Crippen molar-refractivity contribution in [2.45, 2.75) is 45.6 Å². The van der Waals surface area contributed by atoms with Crippen molar-refractivity contribution in [3.05, 3.63) is 11.4 Å². The van der Waals surface area contributed by atoms with E-state index in [0.717, 1.165) is 24.2 Å². The maximum absolute atomic E-state index is 11.2. The van der Waals surface area contributed by atoms with Gasteiger partial charge in [-0.25, -0.2) is 9.78 Å². The van der Waals surface area contributed by atoms with Crippen molar-refractivity contribution in [2.75, 3.05) is 19.0 Å². The van der Waals surface area contributed by atoms with E-state index in [1.807, 2.05) is 13.8 Å². The van der Waals surface area contributed by atoms with Gasteiger partial charge in [-0.05, 0) is 25.7 Å². The Bertz CT molecular complexity index is 440. The maximum atomic E-state index is 11.2. The number of rotatable bonds is 9. The SMILES string of the molecule is CCc1nnc(NC(CCCOC)C(=O)O)nc1CC. The number of hydrogen-bond acceptors (Lipinski definition) is 6. The van der Waals surface area contributed by atoms with Crippen molar-refractivity contribution < 1.29 is 14.6 Å². The number of aromatic nitrogens is 3. The summed E-state index contributed by atoms with van der Waals surface area (Å²) in [7, 11) is 1.59. The second-order valence-electron chi connectivity index (χ2n) is 4.41. The number of carboxylic acids is 1. The molecule has 0 radical (unpaired) electrons. The van der Waals surface area contributed by atoms with Crippen LogP contribution in [0.4, 0.5) is 5.95 Å². The molecule has 0 saturated heterocycles. The Morgan fingerprint density at radius 2 is 2.00 bits per heavy atom. The molecule has 1 atom stereocenters. The first-order valence-corrected chi connectivity index (χ1v) is 6.83. The van der Waals surface area contributed by atoms with E-state index in [-0.39, 0.29) is 5.95 Å². The van der Waals surface area contributed by atoms with E-state index in [4.69, 9.17) is 4.74 Å². The van der Waals surface area contributed by atoms with Gasteiger partial charge in [0.1, 0.15) is 6.04 Å². The molecule has 0 bridgehead atoms. The number of ether oxygens (including phenoxy) is 1. The van der Waals surface area contributed by atoms with Gasteiger partial charge < -0.3 is 15.2 Å². The van der Waals surface area contributed by atoms with Gasteiger partial charge in [0, 0.05) is 13.7 Å². The Morgan fingerprint density at radius 1 is 1.30 bits per heavy atom. The van der Waals surface area contributed by atoms with Gasteiger partial charge in [-0.2, -0.15) is 5.10 Å². The van der Waals surface area contributed by atoms with Crippen LogP contribution in [0.25, 0.3) is 0 Å². The third kappa shape index (κ3) is 4.73. The van der Waals surface area contributed by atoms with Crippen LogP contribution in [-0.4, -0.2) is 46.0 Å². The lowest BCUT2D eigenvalue weighted by molar-refractivity contribution is -0.138. The standard InChI is InChI=1S/C13H22N4O3/c1-4-9-10(5-2)16-17-13(14-9)15-11(12(18)19)7-6-8-20-3/h11H,4-8H2,1-3H3,(H,18,19)(H,14,15,17). The Labute approximate surface area is 118 Å². The van der Waals surface area contributed by atoms with E-state index in [0.29, 0.717) is 19.4 Å². The van der Waals surface area contributed by atoms with Crippen LogP contribution in [0.2, 0.25) is 0 Å². The molecule has 0 saturated carbocycles. The van der Waals surface area contributed by atoms with Crippen molar-refractivity contribution >= 4 is 11.9 Å². The smallest absolute Gasteiger partial charge is 0.326 e. The third-order valence-electron chi connectivity index (χ3n) is 2.95. The minimum absolute atomic E-state index is 0.267. The molecule has 0 spiro atoms. The highest BCUT2D eigenvalue weighted by atomic mass is 16.5. The summed E-state index contributed by atoms with van der Waals surface area (Å²) in [5.74, 6) is -0.661. The monoisotopic (exact) mass is 282 g/mol. The van der Waals surface area contributed by atoms with Gasteiger partial charge in [-0.1, -0.05) is 13.8 Å². The van der Waals surface area contributed by atoms with Crippen LogP contribution in [-0.2, 0) is 22.4 Å². The van der Waals surface area contributed by atoms with Crippen molar-refractivity contribution in [2.24, 2.45) is 0 Å². The number of aliphatic carboxylic acids is 1. The van der Waals surface area contributed by atoms with Crippen molar-refractivity contribution in [3.63, 3.8) is 0 Å². The Hall–Kier alpha value is -1.76. The van der Waals surface area contributed by atoms with E-state index in [1.54, 1.807) is 7.11 Å². The van der Waals surface area contributed by atoms with E-state index in [1.165, 1.54) is 0 Å². The fourth-order valence-corrected chi connectivity index (χ4v) is 1.84. The molecule has 0 aliphatic rings. The molecule has 0 amide bonds. The molecule has 7 nitrogen and oxygen atoms in total. The summed E-state index contributed by atoms with van der Waals surface area (Å²) < 4.78 is 4.92. The lowest BCUT2D eigenvalue weighted by Gasteiger charge is -2.14. The molecule has 7 heteroatoms. The quantitative estimate of drug-likeness (QED) is 0.658. The summed E-state index contributed by atoms with van der Waals surface area (Å²) in [6.45, 7) is 4.50. The van der Waals surface area contributed by atoms with Crippen LogP contribution >= 0.6 is 0 Å². The van der Waals surface area contributed by atoms with Gasteiger partial charge in [-0.3, -0.25) is 0 Å². The number of nitrogens with zero attached hydrogens (tertiary/aromatic N) is 3. The van der Waals surface area contributed by atoms with Crippen molar-refractivity contribution in [1.29, 1.82) is 0 Å². The summed E-state index contributed by atoms with van der Waals surface area (Å²) in [5, 5.41) is 20.0. The van der Waals surface area contributed by atoms with Crippen LogP contribution in [0.15, 0.2) is 0 Å². The number of carbonyl (C=O) groups is 1. The van der Waals surface area contributed by atoms with E-state index >= 15 is 0 Å². The van der Waals surface area contributed by atoms with E-state index in [2.05, 4.69) is 20.5 Å². The van der Waals surface area contributed by atoms with Gasteiger partial charge in [0.25, 0.3) is 0 Å². The summed E-state index contributed by atoms with van der Waals surface area (Å²) in [6.07, 6.45) is 2.61. The molecule has 0 aliphatic heterocycles. The van der Waals surface area contributed by atoms with Crippen LogP contribution in [0.5, 0.6) is 0 Å². The Kier molecular flexibility index (Phi) is 6.86. The molecule has 1 unspecified atom stereocenters. The highest BCUT2D eigenvalue weighted by Gasteiger charge is 2.18. The largest absolute Gasteiger partial charge is 0.480 e. The number of hydrogen-bond donors (Lipinski definition) is 2. The topological polar surface area (TPSA) is 97.2 Å². The average molecular weight is 282 g/mol. The fourth-order valence-electron chi connectivity index (χ4n) is 1.84. The van der Waals surface area contributed by atoms with Gasteiger partial charge in [0.2, 0.25) is 5.95 Å². The van der Waals surface area contributed by atoms with Gasteiger partial charge in [-0.15, -0.1) is 5.10 Å². The van der Waals surface area contributed by atoms with Gasteiger partial charge in [0.15, 0.2) is 0 Å². The normalized spacial score (nSPS) is 12.2. The second kappa shape index (κ2) is 8.42. The first-order chi connectivity index (χ1) is 9.62. The molecule has 2 N–H and O–H groups in total. The highest BCUT2D eigenvalue weighted by Crippen LogP contribution is 2.10. The predicted molar refractivity (Wildman–Crippen MR) is 74.7 cm³/mol. The lowest BCUT2D eigenvalue weighted by atomic mass is 10.1. The summed E-state index contributed by atoms with van der Waals surface area (Å²) in [4.78, 5) is 15.5. The van der Waals surface area contributed by atoms with E-state index < -0.39 is 12.0 Å². The zero-order valence-electron chi connectivity index (χ0n) is 12.2. The van der Waals surface area contributed by atoms with Crippen molar-refractivity contribution in [1.82, 2.24) is 15.2 Å². The molecule has 112 valence electrons. The summed E-state index contributed by atoms with van der Waals surface area (Å²) in [6, 6.07) is -0.732. The van der Waals surface area contributed by atoms with E-state index in [9.17, 15) is 9.90 Å². The first-order valence-electron chi connectivity index (χ1n) is 6.83. The van der Waals surface area contributed by atoms with Crippen LogP contribution < -0.4 is 5.32 Å². The predicted octanol–water partition coefficient (Wildman–Crippen LogP) is 1.29. The van der Waals surface area contributed by atoms with Crippen LogP contribution in [0.3, 0.4) is 0 Å². The van der Waals surface area contributed by atoms with Crippen LogP contribution in [0, 0.1) is 0 Å². The lowest BCUT2D eigenvalue weighted by Crippen LogP contribution is -2.30.